The Bertz CT molecular complexity index is 1040. The molecule has 0 saturated carbocycles. The highest BCUT2D eigenvalue weighted by atomic mass is 32.1. The first-order valence-corrected chi connectivity index (χ1v) is 9.00. The van der Waals surface area contributed by atoms with Crippen molar-refractivity contribution < 1.29 is 13.7 Å². The standard InChI is InChI=1S/C18H13FN4O2S/c19-13-3-1-11(2-4-13)15-7-23-10-20-16(14(23)8-24-15)18-21-17(22-25-18)12-5-6-26-9-12/h1-6,9-10,15H,7-8H2/t15-/m0/s1. The molecule has 6 nitrogen and oxygen atoms in total. The SMILES string of the molecule is Fc1ccc([C@@H]2Cn3cnc(-c4nc(-c5ccsc5)no4)c3CO2)cc1. The van der Waals surface area contributed by atoms with E-state index in [1.807, 2.05) is 21.4 Å². The molecule has 0 saturated heterocycles. The number of ether oxygens (including phenoxy) is 1. The molecule has 1 atom stereocenters. The van der Waals surface area contributed by atoms with E-state index in [0.717, 1.165) is 16.8 Å². The number of hydrogen-bond acceptors (Lipinski definition) is 6. The number of halogens is 1. The summed E-state index contributed by atoms with van der Waals surface area (Å²) >= 11 is 1.58. The van der Waals surface area contributed by atoms with Crippen molar-refractivity contribution >= 4 is 11.3 Å². The predicted octanol–water partition coefficient (Wildman–Crippen LogP) is 4.07. The van der Waals surface area contributed by atoms with E-state index in [-0.39, 0.29) is 11.9 Å². The van der Waals surface area contributed by atoms with E-state index in [1.165, 1.54) is 12.1 Å². The molecule has 1 aliphatic heterocycles. The molecule has 5 rings (SSSR count). The summed E-state index contributed by atoms with van der Waals surface area (Å²) < 4.78 is 26.5. The number of fused-ring (bicyclic) bond motifs is 1. The number of aromatic nitrogens is 4. The Balaban J connectivity index is 1.42. The van der Waals surface area contributed by atoms with Crippen LogP contribution < -0.4 is 0 Å². The molecular formula is C18H13FN4O2S. The molecule has 1 aromatic carbocycles. The molecule has 4 aromatic rings. The third kappa shape index (κ3) is 2.63. The van der Waals surface area contributed by atoms with Gasteiger partial charge in [-0.05, 0) is 29.1 Å². The van der Waals surface area contributed by atoms with Crippen molar-refractivity contribution in [3.63, 3.8) is 0 Å². The lowest BCUT2D eigenvalue weighted by molar-refractivity contribution is 0.00327. The van der Waals surface area contributed by atoms with E-state index in [1.54, 1.807) is 29.8 Å². The predicted molar refractivity (Wildman–Crippen MR) is 92.8 cm³/mol. The monoisotopic (exact) mass is 368 g/mol. The number of thiophene rings is 1. The lowest BCUT2D eigenvalue weighted by atomic mass is 10.1. The van der Waals surface area contributed by atoms with Gasteiger partial charge in [-0.2, -0.15) is 16.3 Å². The van der Waals surface area contributed by atoms with Gasteiger partial charge in [0, 0.05) is 10.9 Å². The van der Waals surface area contributed by atoms with Crippen molar-refractivity contribution in [2.45, 2.75) is 19.3 Å². The zero-order valence-corrected chi connectivity index (χ0v) is 14.3. The maximum Gasteiger partial charge on any atom is 0.278 e. The molecule has 0 amide bonds. The van der Waals surface area contributed by atoms with Gasteiger partial charge in [0.25, 0.3) is 5.89 Å². The second-order valence-electron chi connectivity index (χ2n) is 5.98. The van der Waals surface area contributed by atoms with Crippen LogP contribution in [-0.2, 0) is 17.9 Å². The van der Waals surface area contributed by atoms with E-state index >= 15 is 0 Å². The van der Waals surface area contributed by atoms with Crippen molar-refractivity contribution in [2.24, 2.45) is 0 Å². The van der Waals surface area contributed by atoms with Crippen LogP contribution in [0.5, 0.6) is 0 Å². The fourth-order valence-electron chi connectivity index (χ4n) is 3.01. The quantitative estimate of drug-likeness (QED) is 0.545. The number of nitrogens with zero attached hydrogens (tertiary/aromatic N) is 4. The lowest BCUT2D eigenvalue weighted by Gasteiger charge is -2.25. The Morgan fingerprint density at radius 3 is 2.88 bits per heavy atom. The second-order valence-corrected chi connectivity index (χ2v) is 6.76. The van der Waals surface area contributed by atoms with Crippen LogP contribution in [0.2, 0.25) is 0 Å². The minimum absolute atomic E-state index is 0.144. The van der Waals surface area contributed by atoms with E-state index in [9.17, 15) is 4.39 Å². The van der Waals surface area contributed by atoms with Crippen LogP contribution in [-0.4, -0.2) is 19.7 Å². The molecule has 0 radical (unpaired) electrons. The zero-order valence-electron chi connectivity index (χ0n) is 13.5. The smallest absolute Gasteiger partial charge is 0.278 e. The molecule has 0 N–H and O–H groups in total. The van der Waals surface area contributed by atoms with Gasteiger partial charge in [-0.25, -0.2) is 9.37 Å². The van der Waals surface area contributed by atoms with Crippen LogP contribution in [0.3, 0.4) is 0 Å². The average molecular weight is 368 g/mol. The van der Waals surface area contributed by atoms with Crippen LogP contribution in [0.15, 0.2) is 51.9 Å². The van der Waals surface area contributed by atoms with Gasteiger partial charge in [-0.15, -0.1) is 0 Å². The van der Waals surface area contributed by atoms with Gasteiger partial charge in [0.05, 0.1) is 25.2 Å². The third-order valence-electron chi connectivity index (χ3n) is 4.38. The first kappa shape index (κ1) is 15.4. The summed E-state index contributed by atoms with van der Waals surface area (Å²) in [4.78, 5) is 8.88. The largest absolute Gasteiger partial charge is 0.365 e. The van der Waals surface area contributed by atoms with Crippen LogP contribution in [0.4, 0.5) is 4.39 Å². The highest BCUT2D eigenvalue weighted by molar-refractivity contribution is 7.08. The van der Waals surface area contributed by atoms with Crippen molar-refractivity contribution in [3.8, 4) is 23.0 Å². The van der Waals surface area contributed by atoms with Gasteiger partial charge in [0.1, 0.15) is 11.9 Å². The van der Waals surface area contributed by atoms with Gasteiger partial charge >= 0.3 is 0 Å². The fourth-order valence-corrected chi connectivity index (χ4v) is 3.65. The summed E-state index contributed by atoms with van der Waals surface area (Å²) in [5.74, 6) is 0.667. The molecule has 3 aromatic heterocycles. The van der Waals surface area contributed by atoms with Crippen molar-refractivity contribution in [2.75, 3.05) is 0 Å². The van der Waals surface area contributed by atoms with Crippen LogP contribution in [0, 0.1) is 5.82 Å². The van der Waals surface area contributed by atoms with Crippen LogP contribution in [0.1, 0.15) is 17.4 Å². The topological polar surface area (TPSA) is 66.0 Å². The molecule has 0 unspecified atom stereocenters. The summed E-state index contributed by atoms with van der Waals surface area (Å²) in [7, 11) is 0. The van der Waals surface area contributed by atoms with Gasteiger partial charge < -0.3 is 13.8 Å². The van der Waals surface area contributed by atoms with Crippen molar-refractivity contribution in [1.82, 2.24) is 19.7 Å². The fraction of sp³-hybridized carbons (Fsp3) is 0.167. The van der Waals surface area contributed by atoms with Crippen molar-refractivity contribution in [1.29, 1.82) is 0 Å². The van der Waals surface area contributed by atoms with E-state index in [4.69, 9.17) is 9.26 Å². The summed E-state index contributed by atoms with van der Waals surface area (Å²) in [5, 5.41) is 7.96. The average Bonchev–Trinajstić information content (AvgIpc) is 3.41. The molecular weight excluding hydrogens is 355 g/mol. The van der Waals surface area contributed by atoms with Gasteiger partial charge in [0.2, 0.25) is 5.82 Å². The summed E-state index contributed by atoms with van der Waals surface area (Å²) in [5.41, 5.74) is 3.39. The Kier molecular flexibility index (Phi) is 3.65. The van der Waals surface area contributed by atoms with E-state index in [0.29, 0.717) is 30.6 Å². The zero-order chi connectivity index (χ0) is 17.5. The summed E-state index contributed by atoms with van der Waals surface area (Å²) in [6.45, 7) is 0.965. The van der Waals surface area contributed by atoms with Crippen LogP contribution in [0.25, 0.3) is 23.0 Å². The number of imidazole rings is 1. The van der Waals surface area contributed by atoms with Gasteiger partial charge in [-0.1, -0.05) is 17.3 Å². The lowest BCUT2D eigenvalue weighted by Crippen LogP contribution is -2.20. The van der Waals surface area contributed by atoms with E-state index in [2.05, 4.69) is 15.1 Å². The second kappa shape index (κ2) is 6.15. The molecule has 8 heteroatoms. The first-order valence-electron chi connectivity index (χ1n) is 8.05. The highest BCUT2D eigenvalue weighted by Crippen LogP contribution is 2.32. The third-order valence-corrected chi connectivity index (χ3v) is 5.06. The summed E-state index contributed by atoms with van der Waals surface area (Å²) in [6, 6.07) is 8.32. The minimum atomic E-state index is -0.256. The number of benzene rings is 1. The van der Waals surface area contributed by atoms with Crippen LogP contribution >= 0.6 is 11.3 Å². The molecule has 0 fully saturated rings. The Morgan fingerprint density at radius 2 is 2.08 bits per heavy atom. The number of hydrogen-bond donors (Lipinski definition) is 0. The summed E-state index contributed by atoms with van der Waals surface area (Å²) in [6.07, 6.45) is 1.60. The Hall–Kier alpha value is -2.84. The first-order chi connectivity index (χ1) is 12.8. The molecule has 0 aliphatic carbocycles. The normalized spacial score (nSPS) is 16.6. The molecule has 4 heterocycles. The molecule has 26 heavy (non-hydrogen) atoms. The van der Waals surface area contributed by atoms with E-state index < -0.39 is 0 Å². The maximum atomic E-state index is 13.1. The minimum Gasteiger partial charge on any atom is -0.365 e. The van der Waals surface area contributed by atoms with Crippen molar-refractivity contribution in [3.05, 3.63) is 64.5 Å². The maximum absolute atomic E-state index is 13.1. The Morgan fingerprint density at radius 1 is 1.19 bits per heavy atom. The highest BCUT2D eigenvalue weighted by Gasteiger charge is 2.26. The molecule has 0 bridgehead atoms. The Labute approximate surface area is 151 Å². The number of rotatable bonds is 3. The van der Waals surface area contributed by atoms with Gasteiger partial charge in [-0.3, -0.25) is 0 Å². The molecule has 0 spiro atoms. The molecule has 130 valence electrons. The molecule has 1 aliphatic rings. The van der Waals surface area contributed by atoms with Gasteiger partial charge in [0.15, 0.2) is 5.69 Å².